The maximum Gasteiger partial charge on any atom is 0.403 e. The molecule has 0 heterocycles. The van der Waals surface area contributed by atoms with E-state index in [9.17, 15) is 18.0 Å². The van der Waals surface area contributed by atoms with Crippen molar-refractivity contribution >= 4 is 18.4 Å². The smallest absolute Gasteiger partial charge is 0.403 e. The van der Waals surface area contributed by atoms with Crippen LogP contribution in [0.15, 0.2) is 0 Å². The van der Waals surface area contributed by atoms with Gasteiger partial charge in [-0.15, -0.1) is 12.4 Å². The summed E-state index contributed by atoms with van der Waals surface area (Å²) in [5.74, 6) is -1.11. The monoisotopic (exact) mass is 221 g/mol. The fourth-order valence-corrected chi connectivity index (χ4v) is 0.637. The van der Waals surface area contributed by atoms with Crippen LogP contribution in [0.3, 0.4) is 0 Å². The third kappa shape index (κ3) is 7.86. The summed E-state index contributed by atoms with van der Waals surface area (Å²) in [6.07, 6.45) is -5.08. The van der Waals surface area contributed by atoms with Gasteiger partial charge in [0.2, 0.25) is 0 Å². The summed E-state index contributed by atoms with van der Waals surface area (Å²) in [5.41, 5.74) is 4.72. The van der Waals surface area contributed by atoms with Crippen LogP contribution >= 0.6 is 12.4 Å². The molecular formula is C6H11ClF3NO2. The number of rotatable bonds is 4. The van der Waals surface area contributed by atoms with Gasteiger partial charge in [0.25, 0.3) is 0 Å². The zero-order valence-electron chi connectivity index (χ0n) is 6.67. The largest absolute Gasteiger partial charge is 0.481 e. The highest BCUT2D eigenvalue weighted by Gasteiger charge is 2.35. The predicted octanol–water partition coefficient (Wildman–Crippen LogP) is 1.55. The number of carboxylic acid groups (broad SMARTS) is 1. The number of carboxylic acids is 1. The van der Waals surface area contributed by atoms with Gasteiger partial charge >= 0.3 is 12.1 Å². The van der Waals surface area contributed by atoms with Gasteiger partial charge < -0.3 is 10.8 Å². The summed E-state index contributed by atoms with van der Waals surface area (Å²) >= 11 is 0. The van der Waals surface area contributed by atoms with E-state index in [1.54, 1.807) is 0 Å². The molecule has 13 heavy (non-hydrogen) atoms. The molecule has 0 aromatic rings. The highest BCUT2D eigenvalue weighted by molar-refractivity contribution is 5.85. The molecule has 7 heteroatoms. The highest BCUT2D eigenvalue weighted by Crippen LogP contribution is 2.21. The summed E-state index contributed by atoms with van der Waals surface area (Å²) in [6, 6.07) is -1.91. The molecule has 0 amide bonds. The lowest BCUT2D eigenvalue weighted by Crippen LogP contribution is -2.37. The molecule has 1 atom stereocenters. The van der Waals surface area contributed by atoms with E-state index in [4.69, 9.17) is 10.8 Å². The molecular weight excluding hydrogens is 211 g/mol. The molecule has 0 radical (unpaired) electrons. The average molecular weight is 222 g/mol. The summed E-state index contributed by atoms with van der Waals surface area (Å²) < 4.78 is 35.1. The molecule has 0 saturated heterocycles. The Morgan fingerprint density at radius 3 is 2.23 bits per heavy atom. The van der Waals surface area contributed by atoms with Crippen LogP contribution in [0.1, 0.15) is 19.3 Å². The quantitative estimate of drug-likeness (QED) is 0.757. The Morgan fingerprint density at radius 1 is 1.46 bits per heavy atom. The fraction of sp³-hybridized carbons (Fsp3) is 0.833. The number of halogens is 4. The zero-order valence-corrected chi connectivity index (χ0v) is 7.49. The molecule has 3 N–H and O–H groups in total. The van der Waals surface area contributed by atoms with Crippen molar-refractivity contribution in [1.82, 2.24) is 0 Å². The highest BCUT2D eigenvalue weighted by atomic mass is 35.5. The Balaban J connectivity index is 0. The van der Waals surface area contributed by atoms with Crippen molar-refractivity contribution in [3.63, 3.8) is 0 Å². The molecule has 0 aromatic heterocycles. The summed E-state index contributed by atoms with van der Waals surface area (Å²) in [7, 11) is 0. The lowest BCUT2D eigenvalue weighted by molar-refractivity contribution is -0.150. The first-order valence-corrected chi connectivity index (χ1v) is 3.38. The molecule has 0 aliphatic rings. The Morgan fingerprint density at radius 2 is 1.92 bits per heavy atom. The van der Waals surface area contributed by atoms with E-state index in [-0.39, 0.29) is 31.7 Å². The van der Waals surface area contributed by atoms with E-state index in [1.165, 1.54) is 0 Å². The van der Waals surface area contributed by atoms with Crippen LogP contribution in [-0.2, 0) is 4.79 Å². The molecule has 0 bridgehead atoms. The lowest BCUT2D eigenvalue weighted by atomic mass is 10.1. The van der Waals surface area contributed by atoms with Gasteiger partial charge in [-0.3, -0.25) is 4.79 Å². The molecule has 0 spiro atoms. The third-order valence-corrected chi connectivity index (χ3v) is 1.33. The van der Waals surface area contributed by atoms with Crippen LogP contribution in [0.4, 0.5) is 13.2 Å². The molecule has 0 rings (SSSR count). The van der Waals surface area contributed by atoms with E-state index in [1.807, 2.05) is 0 Å². The number of hydrogen-bond donors (Lipinski definition) is 2. The van der Waals surface area contributed by atoms with Gasteiger partial charge in [-0.25, -0.2) is 0 Å². The topological polar surface area (TPSA) is 63.3 Å². The van der Waals surface area contributed by atoms with E-state index in [0.29, 0.717) is 0 Å². The van der Waals surface area contributed by atoms with Gasteiger partial charge in [0, 0.05) is 6.42 Å². The maximum atomic E-state index is 11.7. The van der Waals surface area contributed by atoms with E-state index >= 15 is 0 Å². The number of carbonyl (C=O) groups is 1. The van der Waals surface area contributed by atoms with Crippen LogP contribution < -0.4 is 5.73 Å². The first-order chi connectivity index (χ1) is 5.34. The van der Waals surface area contributed by atoms with Crippen molar-refractivity contribution in [2.24, 2.45) is 5.73 Å². The van der Waals surface area contributed by atoms with Crippen LogP contribution in [0.5, 0.6) is 0 Å². The Labute approximate surface area is 79.5 Å². The molecule has 0 fully saturated rings. The van der Waals surface area contributed by atoms with Crippen LogP contribution in [0, 0.1) is 0 Å². The van der Waals surface area contributed by atoms with Crippen LogP contribution in [0.25, 0.3) is 0 Å². The van der Waals surface area contributed by atoms with Crippen molar-refractivity contribution in [3.8, 4) is 0 Å². The second-order valence-corrected chi connectivity index (χ2v) is 2.43. The van der Waals surface area contributed by atoms with Crippen molar-refractivity contribution in [2.45, 2.75) is 31.5 Å². The van der Waals surface area contributed by atoms with Gasteiger partial charge in [0.1, 0.15) is 6.04 Å². The number of aliphatic carboxylic acids is 1. The summed E-state index contributed by atoms with van der Waals surface area (Å²) in [5, 5.41) is 8.11. The Bertz CT molecular complexity index is 162. The van der Waals surface area contributed by atoms with Gasteiger partial charge in [-0.05, 0) is 12.8 Å². The second kappa shape index (κ2) is 6.04. The molecule has 1 unspecified atom stereocenters. The Kier molecular flexibility index (Phi) is 6.97. The van der Waals surface area contributed by atoms with E-state index < -0.39 is 18.2 Å². The number of nitrogens with two attached hydrogens (primary N) is 1. The average Bonchev–Trinajstić information content (AvgIpc) is 1.84. The molecule has 3 nitrogen and oxygen atoms in total. The van der Waals surface area contributed by atoms with Crippen molar-refractivity contribution in [1.29, 1.82) is 0 Å². The van der Waals surface area contributed by atoms with Gasteiger partial charge in [0.15, 0.2) is 0 Å². The van der Waals surface area contributed by atoms with Crippen molar-refractivity contribution in [2.75, 3.05) is 0 Å². The molecule has 0 aliphatic carbocycles. The minimum atomic E-state index is -4.42. The minimum Gasteiger partial charge on any atom is -0.481 e. The van der Waals surface area contributed by atoms with Gasteiger partial charge in [-0.2, -0.15) is 13.2 Å². The molecule has 0 aliphatic heterocycles. The second-order valence-electron chi connectivity index (χ2n) is 2.43. The molecule has 0 saturated carbocycles. The Hall–Kier alpha value is -0.490. The summed E-state index contributed by atoms with van der Waals surface area (Å²) in [4.78, 5) is 9.91. The fourth-order valence-electron chi connectivity index (χ4n) is 0.637. The summed E-state index contributed by atoms with van der Waals surface area (Å²) in [6.45, 7) is 0. The SMILES string of the molecule is Cl.NC(CCCC(=O)O)C(F)(F)F. The van der Waals surface area contributed by atoms with E-state index in [2.05, 4.69) is 0 Å². The van der Waals surface area contributed by atoms with Gasteiger partial charge in [-0.1, -0.05) is 0 Å². The predicted molar refractivity (Wildman–Crippen MR) is 42.8 cm³/mol. The van der Waals surface area contributed by atoms with Crippen LogP contribution in [-0.4, -0.2) is 23.3 Å². The van der Waals surface area contributed by atoms with Crippen molar-refractivity contribution in [3.05, 3.63) is 0 Å². The standard InChI is InChI=1S/C6H10F3NO2.ClH/c7-6(8,9)4(10)2-1-3-5(11)12;/h4H,1-3,10H2,(H,11,12);1H. The maximum absolute atomic E-state index is 11.7. The normalized spacial score (nSPS) is 13.2. The van der Waals surface area contributed by atoms with Crippen LogP contribution in [0.2, 0.25) is 0 Å². The van der Waals surface area contributed by atoms with E-state index in [0.717, 1.165) is 0 Å². The number of alkyl halides is 3. The first-order valence-electron chi connectivity index (χ1n) is 3.38. The lowest BCUT2D eigenvalue weighted by Gasteiger charge is -2.14. The molecule has 80 valence electrons. The van der Waals surface area contributed by atoms with Gasteiger partial charge in [0.05, 0.1) is 0 Å². The molecule has 0 aromatic carbocycles. The third-order valence-electron chi connectivity index (χ3n) is 1.33. The number of hydrogen-bond acceptors (Lipinski definition) is 2. The van der Waals surface area contributed by atoms with Crippen molar-refractivity contribution < 1.29 is 23.1 Å². The first kappa shape index (κ1) is 15.0. The zero-order chi connectivity index (χ0) is 9.78. The minimum absolute atomic E-state index is 0.